The summed E-state index contributed by atoms with van der Waals surface area (Å²) in [5, 5.41) is 4.25. The molecule has 1 fully saturated rings. The van der Waals surface area contributed by atoms with Crippen LogP contribution >= 0.6 is 0 Å². The summed E-state index contributed by atoms with van der Waals surface area (Å²) < 4.78 is 7.24. The number of nitrogens with zero attached hydrogens (tertiary/aromatic N) is 3. The molecule has 5 nitrogen and oxygen atoms in total. The van der Waals surface area contributed by atoms with E-state index in [2.05, 4.69) is 23.1 Å². The van der Waals surface area contributed by atoms with Gasteiger partial charge in [0, 0.05) is 37.9 Å². The highest BCUT2D eigenvalue weighted by atomic mass is 16.5. The second kappa shape index (κ2) is 5.62. The van der Waals surface area contributed by atoms with Crippen LogP contribution in [0.25, 0.3) is 0 Å². The van der Waals surface area contributed by atoms with Crippen LogP contribution in [0, 0.1) is 0 Å². The van der Waals surface area contributed by atoms with Gasteiger partial charge in [-0.25, -0.2) is 0 Å². The summed E-state index contributed by atoms with van der Waals surface area (Å²) in [4.78, 5) is 2.41. The molecule has 2 rings (SSSR count). The van der Waals surface area contributed by atoms with E-state index in [1.165, 1.54) is 5.56 Å². The Morgan fingerprint density at radius 1 is 1.47 bits per heavy atom. The number of nitrogens with two attached hydrogens (primary N) is 1. The molecule has 2 heterocycles. The summed E-state index contributed by atoms with van der Waals surface area (Å²) in [6.45, 7) is 5.63. The zero-order valence-corrected chi connectivity index (χ0v) is 10.7. The number of aryl methyl sites for hydroxylation is 1. The molecule has 1 aromatic rings. The van der Waals surface area contributed by atoms with Crippen molar-refractivity contribution >= 4 is 0 Å². The van der Waals surface area contributed by atoms with Crippen LogP contribution in [-0.4, -0.2) is 47.0 Å². The predicted octanol–water partition coefficient (Wildman–Crippen LogP) is 0.531. The summed E-state index contributed by atoms with van der Waals surface area (Å²) in [6.07, 6.45) is 4.96. The van der Waals surface area contributed by atoms with Crippen LogP contribution in [0.4, 0.5) is 0 Å². The summed E-state index contributed by atoms with van der Waals surface area (Å²) in [6, 6.07) is 0.412. The van der Waals surface area contributed by atoms with Gasteiger partial charge < -0.3 is 10.5 Å². The van der Waals surface area contributed by atoms with Gasteiger partial charge in [0.2, 0.25) is 0 Å². The van der Waals surface area contributed by atoms with Crippen LogP contribution in [0.1, 0.15) is 24.9 Å². The van der Waals surface area contributed by atoms with Crippen molar-refractivity contribution in [1.29, 1.82) is 0 Å². The van der Waals surface area contributed by atoms with Crippen LogP contribution < -0.4 is 5.73 Å². The van der Waals surface area contributed by atoms with E-state index in [0.29, 0.717) is 0 Å². The van der Waals surface area contributed by atoms with Crippen LogP contribution in [0.2, 0.25) is 0 Å². The monoisotopic (exact) mass is 238 g/mol. The molecule has 0 spiro atoms. The number of hydrogen-bond donors (Lipinski definition) is 1. The minimum Gasteiger partial charge on any atom is -0.379 e. The van der Waals surface area contributed by atoms with E-state index in [-0.39, 0.29) is 12.1 Å². The first-order chi connectivity index (χ1) is 8.22. The Labute approximate surface area is 103 Å². The first kappa shape index (κ1) is 12.5. The molecule has 2 N–H and O–H groups in total. The van der Waals surface area contributed by atoms with Crippen LogP contribution in [-0.2, 0) is 11.8 Å². The van der Waals surface area contributed by atoms with E-state index in [4.69, 9.17) is 10.5 Å². The Hall–Kier alpha value is -0.910. The van der Waals surface area contributed by atoms with Crippen molar-refractivity contribution in [2.24, 2.45) is 12.8 Å². The largest absolute Gasteiger partial charge is 0.379 e. The molecule has 0 aliphatic carbocycles. The molecule has 0 amide bonds. The second-order valence-electron chi connectivity index (χ2n) is 4.61. The third-order valence-corrected chi connectivity index (χ3v) is 3.38. The average Bonchev–Trinajstić information content (AvgIpc) is 2.77. The molecule has 2 unspecified atom stereocenters. The van der Waals surface area contributed by atoms with Gasteiger partial charge in [0.15, 0.2) is 0 Å². The normalized spacial score (nSPS) is 21.4. The van der Waals surface area contributed by atoms with Gasteiger partial charge in [-0.15, -0.1) is 0 Å². The summed E-state index contributed by atoms with van der Waals surface area (Å²) in [7, 11) is 1.94. The number of ether oxygens (including phenoxy) is 1. The zero-order valence-electron chi connectivity index (χ0n) is 10.7. The molecule has 0 bridgehead atoms. The zero-order chi connectivity index (χ0) is 12.3. The lowest BCUT2D eigenvalue weighted by atomic mass is 9.99. The maximum Gasteiger partial charge on any atom is 0.0594 e. The van der Waals surface area contributed by atoms with Gasteiger partial charge in [0.1, 0.15) is 0 Å². The molecule has 1 aliphatic heterocycles. The molecule has 17 heavy (non-hydrogen) atoms. The molecule has 0 aromatic carbocycles. The van der Waals surface area contributed by atoms with Gasteiger partial charge in [-0.1, -0.05) is 6.92 Å². The number of rotatable bonds is 4. The van der Waals surface area contributed by atoms with Gasteiger partial charge in [0.25, 0.3) is 0 Å². The van der Waals surface area contributed by atoms with Crippen molar-refractivity contribution in [1.82, 2.24) is 14.7 Å². The number of aromatic nitrogens is 2. The second-order valence-corrected chi connectivity index (χ2v) is 4.61. The standard InChI is InChI=1S/C12H22N4O/c1-3-11(13)12(10-8-14-15(2)9-10)16-4-6-17-7-5-16/h8-9,11-12H,3-7,13H2,1-2H3. The number of hydrogen-bond acceptors (Lipinski definition) is 4. The third kappa shape index (κ3) is 2.86. The van der Waals surface area contributed by atoms with Crippen molar-refractivity contribution in [3.63, 3.8) is 0 Å². The summed E-state index contributed by atoms with van der Waals surface area (Å²) >= 11 is 0. The summed E-state index contributed by atoms with van der Waals surface area (Å²) in [5.41, 5.74) is 7.48. The van der Waals surface area contributed by atoms with E-state index in [1.54, 1.807) is 0 Å². The van der Waals surface area contributed by atoms with Crippen molar-refractivity contribution in [3.8, 4) is 0 Å². The Bertz CT molecular complexity index is 346. The van der Waals surface area contributed by atoms with Crippen molar-refractivity contribution in [2.75, 3.05) is 26.3 Å². The highest BCUT2D eigenvalue weighted by Gasteiger charge is 2.27. The highest BCUT2D eigenvalue weighted by molar-refractivity contribution is 5.13. The maximum atomic E-state index is 6.27. The van der Waals surface area contributed by atoms with Gasteiger partial charge in [0.05, 0.1) is 25.5 Å². The quantitative estimate of drug-likeness (QED) is 0.831. The lowest BCUT2D eigenvalue weighted by molar-refractivity contribution is 0.0101. The molecule has 96 valence electrons. The molecular weight excluding hydrogens is 216 g/mol. The predicted molar refractivity (Wildman–Crippen MR) is 66.6 cm³/mol. The molecule has 0 radical (unpaired) electrons. The van der Waals surface area contributed by atoms with Gasteiger partial charge in [-0.3, -0.25) is 9.58 Å². The van der Waals surface area contributed by atoms with Crippen molar-refractivity contribution in [3.05, 3.63) is 18.0 Å². The highest BCUT2D eigenvalue weighted by Crippen LogP contribution is 2.25. The SMILES string of the molecule is CCC(N)C(c1cnn(C)c1)N1CCOCC1. The number of morpholine rings is 1. The van der Waals surface area contributed by atoms with E-state index < -0.39 is 0 Å². The molecular formula is C12H22N4O. The van der Waals surface area contributed by atoms with E-state index in [1.807, 2.05) is 17.9 Å². The minimum absolute atomic E-state index is 0.150. The lowest BCUT2D eigenvalue weighted by Gasteiger charge is -2.37. The van der Waals surface area contributed by atoms with Gasteiger partial charge in [-0.2, -0.15) is 5.10 Å². The van der Waals surface area contributed by atoms with E-state index in [0.717, 1.165) is 32.7 Å². The van der Waals surface area contributed by atoms with Gasteiger partial charge in [-0.05, 0) is 6.42 Å². The first-order valence-electron chi connectivity index (χ1n) is 6.28. The Kier molecular flexibility index (Phi) is 4.15. The molecule has 2 atom stereocenters. The maximum absolute atomic E-state index is 6.27. The van der Waals surface area contributed by atoms with E-state index >= 15 is 0 Å². The van der Waals surface area contributed by atoms with Crippen molar-refractivity contribution in [2.45, 2.75) is 25.4 Å². The van der Waals surface area contributed by atoms with Crippen molar-refractivity contribution < 1.29 is 4.74 Å². The van der Waals surface area contributed by atoms with Crippen LogP contribution in [0.5, 0.6) is 0 Å². The average molecular weight is 238 g/mol. The fraction of sp³-hybridized carbons (Fsp3) is 0.750. The van der Waals surface area contributed by atoms with Crippen LogP contribution in [0.3, 0.4) is 0 Å². The third-order valence-electron chi connectivity index (χ3n) is 3.38. The Morgan fingerprint density at radius 3 is 2.71 bits per heavy atom. The topological polar surface area (TPSA) is 56.3 Å². The summed E-state index contributed by atoms with van der Waals surface area (Å²) in [5.74, 6) is 0. The van der Waals surface area contributed by atoms with Gasteiger partial charge >= 0.3 is 0 Å². The molecule has 5 heteroatoms. The Balaban J connectivity index is 2.17. The molecule has 0 saturated carbocycles. The van der Waals surface area contributed by atoms with Crippen LogP contribution in [0.15, 0.2) is 12.4 Å². The molecule has 1 aromatic heterocycles. The minimum atomic E-state index is 0.150. The molecule has 1 saturated heterocycles. The smallest absolute Gasteiger partial charge is 0.0594 e. The fourth-order valence-corrected chi connectivity index (χ4v) is 2.40. The van der Waals surface area contributed by atoms with E-state index in [9.17, 15) is 0 Å². The first-order valence-corrected chi connectivity index (χ1v) is 6.28. The molecule has 1 aliphatic rings. The Morgan fingerprint density at radius 2 is 2.18 bits per heavy atom. The fourth-order valence-electron chi connectivity index (χ4n) is 2.40. The lowest BCUT2D eigenvalue weighted by Crippen LogP contribution is -2.46.